The van der Waals surface area contributed by atoms with E-state index in [4.69, 9.17) is 9.47 Å². The summed E-state index contributed by atoms with van der Waals surface area (Å²) in [5.74, 6) is 0.432. The highest BCUT2D eigenvalue weighted by Gasteiger charge is 2.43. The number of hydrogen-bond acceptors (Lipinski definition) is 4. The lowest BCUT2D eigenvalue weighted by Crippen LogP contribution is -2.59. The highest BCUT2D eigenvalue weighted by molar-refractivity contribution is 5.95. The number of carbonyl (C=O) groups excluding carboxylic acids is 2. The first-order valence-corrected chi connectivity index (χ1v) is 10.9. The van der Waals surface area contributed by atoms with Gasteiger partial charge in [-0.2, -0.15) is 0 Å². The van der Waals surface area contributed by atoms with E-state index in [0.29, 0.717) is 4.48 Å². The van der Waals surface area contributed by atoms with E-state index in [2.05, 4.69) is 5.32 Å². The van der Waals surface area contributed by atoms with E-state index >= 15 is 0 Å². The van der Waals surface area contributed by atoms with E-state index in [1.54, 1.807) is 7.11 Å². The van der Waals surface area contributed by atoms with E-state index in [1.165, 1.54) is 0 Å². The zero-order chi connectivity index (χ0) is 22.4. The molecule has 1 heterocycles. The lowest BCUT2D eigenvalue weighted by molar-refractivity contribution is -0.922. The number of amides is 1. The van der Waals surface area contributed by atoms with Crippen LogP contribution in [0.5, 0.6) is 5.75 Å². The van der Waals surface area contributed by atoms with Gasteiger partial charge in [0.15, 0.2) is 12.6 Å². The number of hydrogen-bond donors (Lipinski definition) is 1. The number of carbonyl (C=O) groups is 2. The number of ether oxygens (including phenoxy) is 2. The first kappa shape index (κ1) is 22.8. The molecule has 3 rings (SSSR count). The van der Waals surface area contributed by atoms with Crippen molar-refractivity contribution in [3.05, 3.63) is 59.2 Å². The average Bonchev–Trinajstić information content (AvgIpc) is 3.24. The molecule has 0 saturated carbocycles. The molecule has 0 bridgehead atoms. The van der Waals surface area contributed by atoms with Gasteiger partial charge in [-0.1, -0.05) is 30.3 Å². The number of rotatable bonds is 8. The van der Waals surface area contributed by atoms with Gasteiger partial charge in [0.2, 0.25) is 0 Å². The number of esters is 1. The second kappa shape index (κ2) is 9.96. The normalized spacial score (nSPS) is 15.9. The molecule has 1 aliphatic rings. The Labute approximate surface area is 184 Å². The van der Waals surface area contributed by atoms with Gasteiger partial charge in [0, 0.05) is 18.5 Å². The predicted molar refractivity (Wildman–Crippen MR) is 121 cm³/mol. The lowest BCUT2D eigenvalue weighted by atomic mass is 10.1. The minimum Gasteiger partial charge on any atom is -0.497 e. The number of aryl methyl sites for hydroxylation is 2. The van der Waals surface area contributed by atoms with Crippen molar-refractivity contribution < 1.29 is 23.5 Å². The van der Waals surface area contributed by atoms with Gasteiger partial charge in [-0.05, 0) is 49.6 Å². The van der Waals surface area contributed by atoms with Gasteiger partial charge >= 0.3 is 5.97 Å². The summed E-state index contributed by atoms with van der Waals surface area (Å²) < 4.78 is 11.3. The van der Waals surface area contributed by atoms with Crippen molar-refractivity contribution in [2.45, 2.75) is 46.3 Å². The summed E-state index contributed by atoms with van der Waals surface area (Å²) in [7, 11) is 1.63. The summed E-state index contributed by atoms with van der Waals surface area (Å²) >= 11 is 0. The van der Waals surface area contributed by atoms with Gasteiger partial charge in [0.05, 0.1) is 20.2 Å². The molecule has 1 amide bonds. The van der Waals surface area contributed by atoms with Crippen LogP contribution in [0.1, 0.15) is 36.5 Å². The molecule has 0 aromatic heterocycles. The van der Waals surface area contributed by atoms with Crippen LogP contribution < -0.4 is 10.1 Å². The number of anilines is 1. The highest BCUT2D eigenvalue weighted by Crippen LogP contribution is 2.29. The molecule has 2 aromatic carbocycles. The van der Waals surface area contributed by atoms with E-state index in [-0.39, 0.29) is 31.1 Å². The van der Waals surface area contributed by atoms with Crippen molar-refractivity contribution in [3.8, 4) is 5.75 Å². The van der Waals surface area contributed by atoms with Crippen molar-refractivity contribution in [1.29, 1.82) is 0 Å². The maximum absolute atomic E-state index is 13.2. The van der Waals surface area contributed by atoms with Crippen molar-refractivity contribution in [1.82, 2.24) is 0 Å². The van der Waals surface area contributed by atoms with Crippen molar-refractivity contribution >= 4 is 17.6 Å². The molecule has 1 unspecified atom stereocenters. The Kier molecular flexibility index (Phi) is 7.33. The topological polar surface area (TPSA) is 64.6 Å². The molecule has 0 radical (unpaired) electrons. The van der Waals surface area contributed by atoms with Gasteiger partial charge in [-0.15, -0.1) is 0 Å². The van der Waals surface area contributed by atoms with Gasteiger partial charge in [0.25, 0.3) is 5.91 Å². The third-order valence-electron chi connectivity index (χ3n) is 6.33. The number of quaternary nitrogens is 1. The zero-order valence-corrected chi connectivity index (χ0v) is 18.9. The zero-order valence-electron chi connectivity index (χ0n) is 18.9. The van der Waals surface area contributed by atoms with Crippen LogP contribution in [0, 0.1) is 13.8 Å². The maximum atomic E-state index is 13.2. The van der Waals surface area contributed by atoms with Crippen LogP contribution in [-0.4, -0.2) is 49.1 Å². The minimum atomic E-state index is -0.354. The quantitative estimate of drug-likeness (QED) is 0.513. The minimum absolute atomic E-state index is 0.0749. The molecule has 1 atom stereocenters. The van der Waals surface area contributed by atoms with Crippen molar-refractivity contribution in [2.24, 2.45) is 0 Å². The molecular weight excluding hydrogens is 392 g/mol. The third-order valence-corrected chi connectivity index (χ3v) is 6.33. The Balaban J connectivity index is 1.68. The Morgan fingerprint density at radius 3 is 2.26 bits per heavy atom. The van der Waals surface area contributed by atoms with Gasteiger partial charge in [0.1, 0.15) is 12.4 Å². The predicted octanol–water partition coefficient (Wildman–Crippen LogP) is 3.99. The Bertz CT molecular complexity index is 897. The molecule has 1 saturated heterocycles. The Hall–Kier alpha value is -2.86. The van der Waals surface area contributed by atoms with Crippen LogP contribution in [0.2, 0.25) is 0 Å². The number of nitrogens with one attached hydrogen (secondary N) is 1. The molecule has 1 aliphatic heterocycles. The van der Waals surface area contributed by atoms with Gasteiger partial charge in [-0.3, -0.25) is 4.79 Å². The van der Waals surface area contributed by atoms with Crippen LogP contribution in [0.4, 0.5) is 5.69 Å². The van der Waals surface area contributed by atoms with Crippen molar-refractivity contribution in [2.75, 3.05) is 32.1 Å². The van der Waals surface area contributed by atoms with E-state index in [9.17, 15) is 9.59 Å². The Morgan fingerprint density at radius 1 is 1.06 bits per heavy atom. The van der Waals surface area contributed by atoms with Crippen LogP contribution in [0.3, 0.4) is 0 Å². The van der Waals surface area contributed by atoms with E-state index < -0.39 is 0 Å². The fraction of sp³-hybridized carbons (Fsp3) is 0.440. The van der Waals surface area contributed by atoms with Gasteiger partial charge < -0.3 is 19.3 Å². The molecule has 6 nitrogen and oxygen atoms in total. The number of likely N-dealkylation sites (tertiary alicyclic amines) is 1. The van der Waals surface area contributed by atoms with E-state index in [0.717, 1.165) is 54.1 Å². The summed E-state index contributed by atoms with van der Waals surface area (Å²) in [5.41, 5.74) is 3.67. The molecule has 166 valence electrons. The summed E-state index contributed by atoms with van der Waals surface area (Å²) in [5, 5.41) is 3.10. The summed E-state index contributed by atoms with van der Waals surface area (Å²) in [4.78, 5) is 25.9. The first-order valence-electron chi connectivity index (χ1n) is 10.9. The number of methoxy groups -OCH3 is 1. The fourth-order valence-electron chi connectivity index (χ4n) is 4.40. The van der Waals surface area contributed by atoms with E-state index in [1.807, 2.05) is 63.2 Å². The molecule has 0 spiro atoms. The van der Waals surface area contributed by atoms with Crippen LogP contribution >= 0.6 is 0 Å². The fourth-order valence-corrected chi connectivity index (χ4v) is 4.40. The highest BCUT2D eigenvalue weighted by atomic mass is 16.5. The second-order valence-corrected chi connectivity index (χ2v) is 8.48. The molecule has 6 heteroatoms. The molecule has 0 aliphatic carbocycles. The number of benzene rings is 2. The first-order chi connectivity index (χ1) is 14.8. The standard InChI is InChI=1S/C25H32N2O4/c1-18-14-22(30-4)15-19(2)24(18)26-25(29)20(3)27(12-8-9-13-27)16-23(28)31-17-21-10-6-5-7-11-21/h5-7,10-11,14-15,20H,8-9,12-13,16-17H2,1-4H3/p+1. The Morgan fingerprint density at radius 2 is 1.68 bits per heavy atom. The number of nitrogens with zero attached hydrogens (tertiary/aromatic N) is 1. The van der Waals surface area contributed by atoms with Crippen LogP contribution in [0.15, 0.2) is 42.5 Å². The second-order valence-electron chi connectivity index (χ2n) is 8.48. The molecule has 1 fully saturated rings. The monoisotopic (exact) mass is 425 g/mol. The van der Waals surface area contributed by atoms with Crippen LogP contribution in [0.25, 0.3) is 0 Å². The smallest absolute Gasteiger partial charge is 0.362 e. The largest absolute Gasteiger partial charge is 0.497 e. The summed E-state index contributed by atoms with van der Waals surface area (Å²) in [6.45, 7) is 7.89. The molecule has 2 aromatic rings. The summed E-state index contributed by atoms with van der Waals surface area (Å²) in [6, 6.07) is 13.1. The van der Waals surface area contributed by atoms with Crippen molar-refractivity contribution in [3.63, 3.8) is 0 Å². The molecule has 1 N–H and O–H groups in total. The maximum Gasteiger partial charge on any atom is 0.362 e. The molecule has 31 heavy (non-hydrogen) atoms. The van der Waals surface area contributed by atoms with Gasteiger partial charge in [-0.25, -0.2) is 4.79 Å². The third kappa shape index (κ3) is 5.44. The SMILES string of the molecule is COc1cc(C)c(NC(=O)C(C)[N+]2(CC(=O)OCc3ccccc3)CCCC2)c(C)c1. The summed E-state index contributed by atoms with van der Waals surface area (Å²) in [6.07, 6.45) is 2.01. The average molecular weight is 426 g/mol. The lowest BCUT2D eigenvalue weighted by Gasteiger charge is -2.38. The molecular formula is C25H33N2O4+. The van der Waals surface area contributed by atoms with Crippen LogP contribution in [-0.2, 0) is 20.9 Å².